The minimum Gasteiger partial charge on any atom is -0.325 e. The number of sulfonamides is 1. The average Bonchev–Trinajstić information content (AvgIpc) is 3.13. The lowest BCUT2D eigenvalue weighted by Gasteiger charge is -2.22. The number of hydrogen-bond acceptors (Lipinski definition) is 3. The van der Waals surface area contributed by atoms with Crippen molar-refractivity contribution < 1.29 is 17.6 Å². The Morgan fingerprint density at radius 3 is 2.54 bits per heavy atom. The molecule has 0 saturated carbocycles. The van der Waals surface area contributed by atoms with Gasteiger partial charge in [-0.3, -0.25) is 4.79 Å². The fourth-order valence-electron chi connectivity index (χ4n) is 3.51. The van der Waals surface area contributed by atoms with Crippen LogP contribution in [0.2, 0.25) is 0 Å². The second-order valence-corrected chi connectivity index (χ2v) is 8.06. The van der Waals surface area contributed by atoms with Gasteiger partial charge in [0.1, 0.15) is 5.82 Å². The second-order valence-electron chi connectivity index (χ2n) is 6.12. The molecule has 1 atom stereocenters. The number of anilines is 1. The molecule has 2 aliphatic heterocycles. The van der Waals surface area contributed by atoms with E-state index in [1.54, 1.807) is 0 Å². The third kappa shape index (κ3) is 2.08. The van der Waals surface area contributed by atoms with Gasteiger partial charge in [-0.15, -0.1) is 0 Å². The van der Waals surface area contributed by atoms with Gasteiger partial charge in [-0.05, 0) is 42.3 Å². The number of para-hydroxylation sites is 1. The first kappa shape index (κ1) is 15.3. The van der Waals surface area contributed by atoms with Gasteiger partial charge in [0.15, 0.2) is 0 Å². The molecule has 0 aromatic heterocycles. The lowest BCUT2D eigenvalue weighted by Crippen LogP contribution is -2.39. The molecule has 1 spiro atoms. The quantitative estimate of drug-likeness (QED) is 0.906. The maximum atomic E-state index is 13.0. The lowest BCUT2D eigenvalue weighted by atomic mass is 9.81. The van der Waals surface area contributed by atoms with Crippen LogP contribution in [-0.2, 0) is 20.2 Å². The Labute approximate surface area is 139 Å². The number of hydrogen-bond donors (Lipinski definition) is 1. The van der Waals surface area contributed by atoms with E-state index in [4.69, 9.17) is 0 Å². The smallest absolute Gasteiger partial charge is 0.243 e. The van der Waals surface area contributed by atoms with E-state index in [1.807, 2.05) is 24.3 Å². The van der Waals surface area contributed by atoms with Crippen LogP contribution in [0.3, 0.4) is 0 Å². The lowest BCUT2D eigenvalue weighted by molar-refractivity contribution is -0.120. The van der Waals surface area contributed by atoms with Crippen molar-refractivity contribution in [2.75, 3.05) is 18.4 Å². The second kappa shape index (κ2) is 5.12. The summed E-state index contributed by atoms with van der Waals surface area (Å²) in [6.45, 7) is 0.344. The molecule has 124 valence electrons. The van der Waals surface area contributed by atoms with Crippen LogP contribution in [0.25, 0.3) is 0 Å². The molecule has 0 bridgehead atoms. The number of carbonyl (C=O) groups excluding carboxylic acids is 1. The highest BCUT2D eigenvalue weighted by Crippen LogP contribution is 2.45. The van der Waals surface area contributed by atoms with Gasteiger partial charge in [-0.1, -0.05) is 18.2 Å². The first-order valence-electron chi connectivity index (χ1n) is 7.60. The zero-order valence-corrected chi connectivity index (χ0v) is 13.5. The van der Waals surface area contributed by atoms with E-state index in [0.29, 0.717) is 6.42 Å². The van der Waals surface area contributed by atoms with Gasteiger partial charge >= 0.3 is 0 Å². The molecule has 1 N–H and O–H groups in total. The van der Waals surface area contributed by atoms with Gasteiger partial charge in [0.25, 0.3) is 0 Å². The van der Waals surface area contributed by atoms with Crippen molar-refractivity contribution >= 4 is 21.6 Å². The summed E-state index contributed by atoms with van der Waals surface area (Å²) >= 11 is 0. The minimum absolute atomic E-state index is 0.0349. The van der Waals surface area contributed by atoms with Crippen LogP contribution in [0.4, 0.5) is 10.1 Å². The van der Waals surface area contributed by atoms with Crippen LogP contribution in [-0.4, -0.2) is 31.7 Å². The molecule has 0 radical (unpaired) electrons. The van der Waals surface area contributed by atoms with E-state index in [9.17, 15) is 17.6 Å². The van der Waals surface area contributed by atoms with Crippen LogP contribution in [0.5, 0.6) is 0 Å². The van der Waals surface area contributed by atoms with Crippen LogP contribution >= 0.6 is 0 Å². The van der Waals surface area contributed by atoms with Gasteiger partial charge < -0.3 is 5.32 Å². The minimum atomic E-state index is -3.76. The van der Waals surface area contributed by atoms with E-state index in [0.717, 1.165) is 23.4 Å². The topological polar surface area (TPSA) is 66.5 Å². The van der Waals surface area contributed by atoms with Crippen LogP contribution in [0.15, 0.2) is 53.4 Å². The van der Waals surface area contributed by atoms with Crippen molar-refractivity contribution in [3.63, 3.8) is 0 Å². The summed E-state index contributed by atoms with van der Waals surface area (Å²) in [6, 6.07) is 12.1. The summed E-state index contributed by atoms with van der Waals surface area (Å²) in [5.74, 6) is -0.656. The van der Waals surface area contributed by atoms with Crippen molar-refractivity contribution in [3.05, 3.63) is 59.9 Å². The Morgan fingerprint density at radius 1 is 1.08 bits per heavy atom. The molecule has 2 heterocycles. The first-order valence-corrected chi connectivity index (χ1v) is 9.04. The summed E-state index contributed by atoms with van der Waals surface area (Å²) in [5, 5.41) is 2.84. The summed E-state index contributed by atoms with van der Waals surface area (Å²) in [4.78, 5) is 12.6. The molecule has 1 fully saturated rings. The van der Waals surface area contributed by atoms with Gasteiger partial charge in [-0.25, -0.2) is 12.8 Å². The molecule has 1 saturated heterocycles. The number of rotatable bonds is 2. The van der Waals surface area contributed by atoms with Crippen molar-refractivity contribution in [1.82, 2.24) is 4.31 Å². The molecule has 7 heteroatoms. The molecule has 2 aromatic rings. The number of fused-ring (bicyclic) bond motifs is 2. The molecule has 0 aliphatic carbocycles. The Morgan fingerprint density at radius 2 is 1.79 bits per heavy atom. The summed E-state index contributed by atoms with van der Waals surface area (Å²) in [6.07, 6.45) is 0.427. The largest absolute Gasteiger partial charge is 0.325 e. The standard InChI is InChI=1S/C17H15FN2O3S/c18-12-5-7-13(8-6-12)24(22,23)20-10-9-17(11-20)14-3-1-2-4-15(14)19-16(17)21/h1-8H,9-11H2,(H,19,21). The number of nitrogens with one attached hydrogen (secondary N) is 1. The van der Waals surface area contributed by atoms with Gasteiger partial charge in [0, 0.05) is 18.8 Å². The maximum Gasteiger partial charge on any atom is 0.243 e. The molecule has 2 aliphatic rings. The number of carbonyl (C=O) groups is 1. The van der Waals surface area contributed by atoms with Crippen molar-refractivity contribution in [2.24, 2.45) is 0 Å². The Kier molecular flexibility index (Phi) is 3.26. The number of benzene rings is 2. The predicted molar refractivity (Wildman–Crippen MR) is 86.5 cm³/mol. The molecule has 2 aromatic carbocycles. The molecular weight excluding hydrogens is 331 g/mol. The van der Waals surface area contributed by atoms with E-state index < -0.39 is 21.3 Å². The molecule has 5 nitrogen and oxygen atoms in total. The monoisotopic (exact) mass is 346 g/mol. The molecule has 24 heavy (non-hydrogen) atoms. The first-order chi connectivity index (χ1) is 11.4. The van der Waals surface area contributed by atoms with Crippen molar-refractivity contribution in [1.29, 1.82) is 0 Å². The fraction of sp³-hybridized carbons (Fsp3) is 0.235. The summed E-state index contributed by atoms with van der Waals surface area (Å²) < 4.78 is 39.9. The predicted octanol–water partition coefficient (Wildman–Crippen LogP) is 2.11. The van der Waals surface area contributed by atoms with Crippen LogP contribution < -0.4 is 5.32 Å². The number of nitrogens with zero attached hydrogens (tertiary/aromatic N) is 1. The summed E-state index contributed by atoms with van der Waals surface area (Å²) in [7, 11) is -3.76. The Hall–Kier alpha value is -2.25. The Balaban J connectivity index is 1.70. The zero-order valence-electron chi connectivity index (χ0n) is 12.7. The van der Waals surface area contributed by atoms with Crippen LogP contribution in [0, 0.1) is 5.82 Å². The molecule has 1 unspecified atom stereocenters. The van der Waals surface area contributed by atoms with Gasteiger partial charge in [-0.2, -0.15) is 4.31 Å². The number of halogens is 1. The highest BCUT2D eigenvalue weighted by molar-refractivity contribution is 7.89. The van der Waals surface area contributed by atoms with E-state index in [2.05, 4.69) is 5.32 Å². The van der Waals surface area contributed by atoms with E-state index in [-0.39, 0.29) is 23.9 Å². The zero-order chi connectivity index (χ0) is 16.9. The van der Waals surface area contributed by atoms with Gasteiger partial charge in [0.2, 0.25) is 15.9 Å². The normalized spacial score (nSPS) is 23.5. The molecule has 4 rings (SSSR count). The van der Waals surface area contributed by atoms with E-state index >= 15 is 0 Å². The highest BCUT2D eigenvalue weighted by atomic mass is 32.2. The number of amides is 1. The Bertz CT molecular complexity index is 927. The van der Waals surface area contributed by atoms with Crippen LogP contribution in [0.1, 0.15) is 12.0 Å². The third-order valence-corrected chi connectivity index (χ3v) is 6.67. The highest BCUT2D eigenvalue weighted by Gasteiger charge is 2.53. The van der Waals surface area contributed by atoms with Crippen molar-refractivity contribution in [2.45, 2.75) is 16.7 Å². The summed E-state index contributed by atoms with van der Waals surface area (Å²) in [5.41, 5.74) is 0.735. The fourth-order valence-corrected chi connectivity index (χ4v) is 5.01. The average molecular weight is 346 g/mol. The van der Waals surface area contributed by atoms with E-state index in [1.165, 1.54) is 16.4 Å². The van der Waals surface area contributed by atoms with Crippen molar-refractivity contribution in [3.8, 4) is 0 Å². The SMILES string of the molecule is O=C1Nc2ccccc2C12CCN(S(=O)(=O)c1ccc(F)cc1)C2. The molecular formula is C17H15FN2O3S. The maximum absolute atomic E-state index is 13.0. The van der Waals surface area contributed by atoms with Gasteiger partial charge in [0.05, 0.1) is 10.3 Å². The molecule has 1 amide bonds. The third-order valence-electron chi connectivity index (χ3n) is 4.81.